The topological polar surface area (TPSA) is 48.7 Å². The van der Waals surface area contributed by atoms with E-state index in [-0.39, 0.29) is 9.74 Å². The standard InChI is InChI=1S/C20H24I2O4S/c21-13-19(22)25-10-4-3-9-24-18-12-20(23)26-17-8-7-15(11-16(17)18)27-14-5-1-2-6-14/h7-8,11-12,14,19H,1-6,9-10,13H2. The smallest absolute Gasteiger partial charge is 0.339 e. The third-order valence-electron chi connectivity index (χ3n) is 4.50. The van der Waals surface area contributed by atoms with Gasteiger partial charge in [-0.25, -0.2) is 4.79 Å². The van der Waals surface area contributed by atoms with Crippen LogP contribution < -0.4 is 10.4 Å². The Labute approximate surface area is 191 Å². The molecule has 1 saturated carbocycles. The summed E-state index contributed by atoms with van der Waals surface area (Å²) in [7, 11) is 0. The molecule has 0 amide bonds. The maximum Gasteiger partial charge on any atom is 0.339 e. The highest BCUT2D eigenvalue weighted by atomic mass is 127. The van der Waals surface area contributed by atoms with Gasteiger partial charge in [0, 0.05) is 21.2 Å². The first-order valence-corrected chi connectivity index (χ1v) is 13.0. The van der Waals surface area contributed by atoms with Crippen LogP contribution in [0.2, 0.25) is 0 Å². The highest BCUT2D eigenvalue weighted by molar-refractivity contribution is 14.1. The summed E-state index contributed by atoms with van der Waals surface area (Å²) in [4.78, 5) is 13.1. The molecule has 1 aliphatic carbocycles. The van der Waals surface area contributed by atoms with Crippen molar-refractivity contribution in [3.63, 3.8) is 0 Å². The predicted octanol–water partition coefficient (Wildman–Crippen LogP) is 6.20. The summed E-state index contributed by atoms with van der Waals surface area (Å²) >= 11 is 6.55. The van der Waals surface area contributed by atoms with Gasteiger partial charge in [-0.2, -0.15) is 0 Å². The maximum absolute atomic E-state index is 11.8. The van der Waals surface area contributed by atoms with Gasteiger partial charge in [0.2, 0.25) is 0 Å². The minimum Gasteiger partial charge on any atom is -0.493 e. The van der Waals surface area contributed by atoms with Crippen LogP contribution in [-0.4, -0.2) is 27.0 Å². The highest BCUT2D eigenvalue weighted by Gasteiger charge is 2.17. The second kappa shape index (κ2) is 11.3. The highest BCUT2D eigenvalue weighted by Crippen LogP contribution is 2.37. The van der Waals surface area contributed by atoms with Crippen LogP contribution in [0.15, 0.2) is 38.4 Å². The van der Waals surface area contributed by atoms with Crippen molar-refractivity contribution >= 4 is 67.9 Å². The number of fused-ring (bicyclic) bond motifs is 1. The van der Waals surface area contributed by atoms with Crippen LogP contribution in [0, 0.1) is 0 Å². The summed E-state index contributed by atoms with van der Waals surface area (Å²) in [6.07, 6.45) is 7.06. The van der Waals surface area contributed by atoms with Gasteiger partial charge in [-0.1, -0.05) is 58.0 Å². The molecular weight excluding hydrogens is 590 g/mol. The zero-order chi connectivity index (χ0) is 19.1. The van der Waals surface area contributed by atoms with Crippen LogP contribution in [0.25, 0.3) is 11.0 Å². The molecule has 1 atom stereocenters. The Hall–Kier alpha value is -0.000000000000000167. The first-order valence-electron chi connectivity index (χ1n) is 9.34. The minimum absolute atomic E-state index is 0.266. The van der Waals surface area contributed by atoms with Gasteiger partial charge < -0.3 is 13.9 Å². The Morgan fingerprint density at radius 1 is 1.19 bits per heavy atom. The first-order chi connectivity index (χ1) is 13.2. The van der Waals surface area contributed by atoms with Crippen molar-refractivity contribution < 1.29 is 13.9 Å². The van der Waals surface area contributed by atoms with E-state index in [4.69, 9.17) is 13.9 Å². The van der Waals surface area contributed by atoms with Crippen LogP contribution in [-0.2, 0) is 4.74 Å². The van der Waals surface area contributed by atoms with Gasteiger partial charge in [-0.05, 0) is 43.9 Å². The molecule has 2 aromatic rings. The van der Waals surface area contributed by atoms with E-state index in [1.807, 2.05) is 23.9 Å². The second-order valence-corrected chi connectivity index (χ2v) is 10.2. The number of thioether (sulfide) groups is 1. The molecule has 0 bridgehead atoms. The third-order valence-corrected chi connectivity index (χ3v) is 9.11. The Bertz CT molecular complexity index is 789. The third kappa shape index (κ3) is 6.78. The zero-order valence-corrected chi connectivity index (χ0v) is 20.3. The lowest BCUT2D eigenvalue weighted by Gasteiger charge is -2.12. The Morgan fingerprint density at radius 2 is 1.96 bits per heavy atom. The fourth-order valence-corrected chi connectivity index (χ4v) is 4.94. The van der Waals surface area contributed by atoms with E-state index in [2.05, 4.69) is 51.2 Å². The summed E-state index contributed by atoms with van der Waals surface area (Å²) in [5.41, 5.74) is 0.221. The zero-order valence-electron chi connectivity index (χ0n) is 15.1. The number of hydrogen-bond donors (Lipinski definition) is 0. The van der Waals surface area contributed by atoms with Crippen molar-refractivity contribution in [3.8, 4) is 5.75 Å². The van der Waals surface area contributed by atoms with Gasteiger partial charge >= 0.3 is 5.63 Å². The van der Waals surface area contributed by atoms with E-state index in [9.17, 15) is 4.79 Å². The molecule has 1 aliphatic rings. The summed E-state index contributed by atoms with van der Waals surface area (Å²) in [5.74, 6) is 0.620. The van der Waals surface area contributed by atoms with Crippen LogP contribution in [0.5, 0.6) is 5.75 Å². The summed E-state index contributed by atoms with van der Waals surface area (Å²) in [6.45, 7) is 1.30. The van der Waals surface area contributed by atoms with E-state index in [1.165, 1.54) is 36.6 Å². The van der Waals surface area contributed by atoms with Crippen molar-refractivity contribution in [2.75, 3.05) is 17.6 Å². The van der Waals surface area contributed by atoms with E-state index in [0.29, 0.717) is 23.2 Å². The van der Waals surface area contributed by atoms with E-state index >= 15 is 0 Å². The molecule has 27 heavy (non-hydrogen) atoms. The van der Waals surface area contributed by atoms with Gasteiger partial charge in [-0.15, -0.1) is 11.8 Å². The molecule has 0 saturated heterocycles. The Morgan fingerprint density at radius 3 is 2.74 bits per heavy atom. The van der Waals surface area contributed by atoms with Crippen molar-refractivity contribution in [2.24, 2.45) is 0 Å². The summed E-state index contributed by atoms with van der Waals surface area (Å²) < 4.78 is 18.2. The van der Waals surface area contributed by atoms with E-state index < -0.39 is 0 Å². The van der Waals surface area contributed by atoms with Gasteiger partial charge in [0.05, 0.1) is 18.1 Å². The molecule has 7 heteroatoms. The SMILES string of the molecule is O=c1cc(OCCCCOC(I)CI)c2cc(SC3CCCC3)ccc2o1. The van der Waals surface area contributed by atoms with Crippen LogP contribution >= 0.6 is 56.9 Å². The average molecular weight is 614 g/mol. The quantitative estimate of drug-likeness (QED) is 0.138. The van der Waals surface area contributed by atoms with Gasteiger partial charge in [-0.3, -0.25) is 0 Å². The largest absolute Gasteiger partial charge is 0.493 e. The fraction of sp³-hybridized carbons (Fsp3) is 0.550. The van der Waals surface area contributed by atoms with Crippen LogP contribution in [0.3, 0.4) is 0 Å². The summed E-state index contributed by atoms with van der Waals surface area (Å²) in [6, 6.07) is 7.49. The number of ether oxygens (including phenoxy) is 2. The lowest BCUT2D eigenvalue weighted by atomic mass is 10.2. The summed E-state index contributed by atoms with van der Waals surface area (Å²) in [5, 5.41) is 1.58. The molecule has 3 rings (SSSR count). The molecule has 148 valence electrons. The molecule has 1 unspecified atom stereocenters. The number of halogens is 2. The van der Waals surface area contributed by atoms with Gasteiger partial charge in [0.25, 0.3) is 0 Å². The van der Waals surface area contributed by atoms with E-state index in [0.717, 1.165) is 29.3 Å². The fourth-order valence-electron chi connectivity index (χ4n) is 3.15. The molecule has 1 fully saturated rings. The predicted molar refractivity (Wildman–Crippen MR) is 128 cm³/mol. The van der Waals surface area contributed by atoms with E-state index in [1.54, 1.807) is 0 Å². The number of rotatable bonds is 10. The van der Waals surface area contributed by atoms with Crippen molar-refractivity contribution in [3.05, 3.63) is 34.7 Å². The molecule has 0 N–H and O–H groups in total. The average Bonchev–Trinajstić information content (AvgIpc) is 3.17. The molecule has 0 aliphatic heterocycles. The van der Waals surface area contributed by atoms with Crippen LogP contribution in [0.1, 0.15) is 38.5 Å². The molecule has 1 aromatic carbocycles. The Kier molecular flexibility index (Phi) is 9.05. The van der Waals surface area contributed by atoms with Gasteiger partial charge in [0.1, 0.15) is 15.4 Å². The van der Waals surface area contributed by atoms with Crippen LogP contribution in [0.4, 0.5) is 0 Å². The Balaban J connectivity index is 1.61. The number of unbranched alkanes of at least 4 members (excludes halogenated alkanes) is 1. The second-order valence-electron chi connectivity index (χ2n) is 6.60. The van der Waals surface area contributed by atoms with Crippen molar-refractivity contribution in [1.82, 2.24) is 0 Å². The molecule has 1 aromatic heterocycles. The van der Waals surface area contributed by atoms with Gasteiger partial charge in [0.15, 0.2) is 0 Å². The molecular formula is C20H24I2O4S. The first kappa shape index (κ1) is 21.7. The normalized spacial score (nSPS) is 16.1. The number of benzene rings is 1. The lowest BCUT2D eigenvalue weighted by Crippen LogP contribution is -2.08. The molecule has 1 heterocycles. The monoisotopic (exact) mass is 614 g/mol. The maximum atomic E-state index is 11.8. The number of alkyl halides is 2. The number of hydrogen-bond acceptors (Lipinski definition) is 5. The van der Waals surface area contributed by atoms with Crippen molar-refractivity contribution in [2.45, 2.75) is 52.8 Å². The molecule has 0 spiro atoms. The minimum atomic E-state index is -0.369. The molecule has 4 nitrogen and oxygen atoms in total. The van der Waals surface area contributed by atoms with Crippen molar-refractivity contribution in [1.29, 1.82) is 0 Å². The lowest BCUT2D eigenvalue weighted by molar-refractivity contribution is 0.130. The molecule has 0 radical (unpaired) electrons.